The summed E-state index contributed by atoms with van der Waals surface area (Å²) in [6.45, 7) is 6.53. The van der Waals surface area contributed by atoms with E-state index in [1.165, 1.54) is 5.56 Å². The number of nitrogens with zero attached hydrogens (tertiary/aromatic N) is 2. The van der Waals surface area contributed by atoms with Gasteiger partial charge in [0.15, 0.2) is 0 Å². The number of rotatable bonds is 4. The summed E-state index contributed by atoms with van der Waals surface area (Å²) in [4.78, 5) is 5.24. The Balaban J connectivity index is 2.12. The highest BCUT2D eigenvalue weighted by Gasteiger charge is 2.21. The lowest BCUT2D eigenvalue weighted by Crippen LogP contribution is -2.49. The number of piperazine rings is 1. The van der Waals surface area contributed by atoms with E-state index in [0.717, 1.165) is 37.5 Å². The number of benzene rings is 1. The fourth-order valence-corrected chi connectivity index (χ4v) is 2.85. The Hall–Kier alpha value is -1.17. The van der Waals surface area contributed by atoms with E-state index in [9.17, 15) is 0 Å². The van der Waals surface area contributed by atoms with Crippen molar-refractivity contribution in [2.75, 3.05) is 33.8 Å². The van der Waals surface area contributed by atoms with Crippen molar-refractivity contribution in [1.82, 2.24) is 9.80 Å². The van der Waals surface area contributed by atoms with Crippen LogP contribution in [0.4, 0.5) is 0 Å². The Morgan fingerprint density at radius 3 is 2.80 bits per heavy atom. The van der Waals surface area contributed by atoms with Gasteiger partial charge >= 0.3 is 0 Å². The molecular formula is C15H23N3OS. The maximum absolute atomic E-state index is 5.70. The van der Waals surface area contributed by atoms with E-state index in [1.807, 2.05) is 12.1 Å². The second kappa shape index (κ2) is 6.52. The van der Waals surface area contributed by atoms with Crippen LogP contribution in [-0.2, 0) is 6.54 Å². The average molecular weight is 293 g/mol. The first-order chi connectivity index (χ1) is 9.51. The Morgan fingerprint density at radius 2 is 2.20 bits per heavy atom. The normalized spacial score (nSPS) is 20.9. The maximum Gasteiger partial charge on any atom is 0.129 e. The monoisotopic (exact) mass is 293 g/mol. The molecule has 1 unspecified atom stereocenters. The van der Waals surface area contributed by atoms with E-state index < -0.39 is 0 Å². The van der Waals surface area contributed by atoms with Crippen LogP contribution in [0.1, 0.15) is 18.1 Å². The minimum absolute atomic E-state index is 0.376. The molecule has 1 fully saturated rings. The van der Waals surface area contributed by atoms with E-state index in [2.05, 4.69) is 29.8 Å². The number of hydrogen-bond donors (Lipinski definition) is 1. The summed E-state index contributed by atoms with van der Waals surface area (Å²) in [6.07, 6.45) is 0. The first kappa shape index (κ1) is 15.2. The number of nitrogens with two attached hydrogens (primary N) is 1. The fourth-order valence-electron chi connectivity index (χ4n) is 2.68. The predicted molar refractivity (Wildman–Crippen MR) is 86.3 cm³/mol. The first-order valence-corrected chi connectivity index (χ1v) is 7.31. The first-order valence-electron chi connectivity index (χ1n) is 6.90. The highest BCUT2D eigenvalue weighted by molar-refractivity contribution is 7.80. The molecule has 0 bridgehead atoms. The zero-order valence-electron chi connectivity index (χ0n) is 12.4. The van der Waals surface area contributed by atoms with Crippen molar-refractivity contribution in [3.05, 3.63) is 29.3 Å². The molecule has 1 aliphatic rings. The topological polar surface area (TPSA) is 41.7 Å². The van der Waals surface area contributed by atoms with Gasteiger partial charge in [-0.1, -0.05) is 18.3 Å². The SMILES string of the molecule is COc1cc(CN2CCN(C)CC2C)ccc1C(N)=S. The lowest BCUT2D eigenvalue weighted by molar-refractivity contribution is 0.0938. The lowest BCUT2D eigenvalue weighted by Gasteiger charge is -2.38. The summed E-state index contributed by atoms with van der Waals surface area (Å²) in [5, 5.41) is 0. The molecule has 0 amide bonds. The van der Waals surface area contributed by atoms with Gasteiger partial charge in [0.25, 0.3) is 0 Å². The summed E-state index contributed by atoms with van der Waals surface area (Å²) in [6, 6.07) is 6.65. The molecule has 1 aromatic carbocycles. The van der Waals surface area contributed by atoms with Crippen molar-refractivity contribution in [2.45, 2.75) is 19.5 Å². The Labute approximate surface area is 126 Å². The summed E-state index contributed by atoms with van der Waals surface area (Å²) >= 11 is 5.03. The average Bonchev–Trinajstić information content (AvgIpc) is 2.41. The van der Waals surface area contributed by atoms with Crippen LogP contribution in [0.3, 0.4) is 0 Å². The van der Waals surface area contributed by atoms with Gasteiger partial charge in [-0.2, -0.15) is 0 Å². The van der Waals surface area contributed by atoms with Gasteiger partial charge in [0, 0.05) is 32.2 Å². The Bertz CT molecular complexity index is 492. The molecule has 110 valence electrons. The largest absolute Gasteiger partial charge is 0.496 e. The molecule has 2 rings (SSSR count). The summed E-state index contributed by atoms with van der Waals surface area (Å²) in [5.74, 6) is 0.761. The van der Waals surface area contributed by atoms with E-state index >= 15 is 0 Å². The van der Waals surface area contributed by atoms with Crippen LogP contribution in [0.2, 0.25) is 0 Å². The second-order valence-electron chi connectivity index (χ2n) is 5.48. The quantitative estimate of drug-likeness (QED) is 0.851. The van der Waals surface area contributed by atoms with Gasteiger partial charge in [-0.15, -0.1) is 0 Å². The molecule has 1 aliphatic heterocycles. The maximum atomic E-state index is 5.70. The van der Waals surface area contributed by atoms with Gasteiger partial charge in [0.1, 0.15) is 10.7 Å². The highest BCUT2D eigenvalue weighted by atomic mass is 32.1. The molecule has 1 atom stereocenters. The van der Waals surface area contributed by atoms with Crippen LogP contribution in [0.5, 0.6) is 5.75 Å². The van der Waals surface area contributed by atoms with Gasteiger partial charge in [-0.25, -0.2) is 0 Å². The second-order valence-corrected chi connectivity index (χ2v) is 5.92. The Morgan fingerprint density at radius 1 is 1.45 bits per heavy atom. The van der Waals surface area contributed by atoms with Crippen molar-refractivity contribution >= 4 is 17.2 Å². The van der Waals surface area contributed by atoms with E-state index in [0.29, 0.717) is 11.0 Å². The minimum Gasteiger partial charge on any atom is -0.496 e. The zero-order valence-corrected chi connectivity index (χ0v) is 13.2. The number of thiocarbonyl (C=S) groups is 1. The molecule has 0 spiro atoms. The van der Waals surface area contributed by atoms with Gasteiger partial charge in [0.2, 0.25) is 0 Å². The number of methoxy groups -OCH3 is 1. The van der Waals surface area contributed by atoms with Crippen molar-refractivity contribution in [1.29, 1.82) is 0 Å². The van der Waals surface area contributed by atoms with Gasteiger partial charge < -0.3 is 15.4 Å². The van der Waals surface area contributed by atoms with E-state index in [-0.39, 0.29) is 0 Å². The van der Waals surface area contributed by atoms with E-state index in [4.69, 9.17) is 22.7 Å². The molecule has 0 aliphatic carbocycles. The number of hydrogen-bond acceptors (Lipinski definition) is 4. The summed E-state index contributed by atoms with van der Waals surface area (Å²) in [5.41, 5.74) is 7.74. The fraction of sp³-hybridized carbons (Fsp3) is 0.533. The van der Waals surface area contributed by atoms with Crippen molar-refractivity contribution in [3.8, 4) is 5.75 Å². The van der Waals surface area contributed by atoms with Crippen LogP contribution in [0.25, 0.3) is 0 Å². The van der Waals surface area contributed by atoms with Crippen molar-refractivity contribution in [2.24, 2.45) is 5.73 Å². The van der Waals surface area contributed by atoms with Crippen molar-refractivity contribution < 1.29 is 4.74 Å². The molecule has 0 aromatic heterocycles. The van der Waals surface area contributed by atoms with Crippen LogP contribution >= 0.6 is 12.2 Å². The molecule has 1 aromatic rings. The molecule has 0 saturated carbocycles. The molecule has 5 heteroatoms. The van der Waals surface area contributed by atoms with Crippen LogP contribution in [0, 0.1) is 0 Å². The lowest BCUT2D eigenvalue weighted by atomic mass is 10.1. The van der Waals surface area contributed by atoms with Crippen LogP contribution in [-0.4, -0.2) is 54.6 Å². The molecular weight excluding hydrogens is 270 g/mol. The third kappa shape index (κ3) is 3.48. The molecule has 1 saturated heterocycles. The third-order valence-electron chi connectivity index (χ3n) is 3.89. The van der Waals surface area contributed by atoms with Crippen LogP contribution < -0.4 is 10.5 Å². The zero-order chi connectivity index (χ0) is 14.7. The van der Waals surface area contributed by atoms with Gasteiger partial charge in [0.05, 0.1) is 12.7 Å². The summed E-state index contributed by atoms with van der Waals surface area (Å²) in [7, 11) is 3.83. The minimum atomic E-state index is 0.376. The van der Waals surface area contributed by atoms with E-state index in [1.54, 1.807) is 7.11 Å². The summed E-state index contributed by atoms with van der Waals surface area (Å²) < 4.78 is 5.39. The molecule has 4 nitrogen and oxygen atoms in total. The molecule has 2 N–H and O–H groups in total. The molecule has 0 radical (unpaired) electrons. The number of ether oxygens (including phenoxy) is 1. The molecule has 20 heavy (non-hydrogen) atoms. The Kier molecular flexibility index (Phi) is 4.96. The standard InChI is InChI=1S/C15H23N3OS/c1-11-9-17(2)6-7-18(11)10-12-4-5-13(15(16)20)14(8-12)19-3/h4-5,8,11H,6-7,9-10H2,1-3H3,(H2,16,20). The third-order valence-corrected chi connectivity index (χ3v) is 4.11. The number of likely N-dealkylation sites (N-methyl/N-ethyl adjacent to an activating group) is 1. The van der Waals surface area contributed by atoms with Gasteiger partial charge in [-0.3, -0.25) is 4.90 Å². The predicted octanol–water partition coefficient (Wildman–Crippen LogP) is 1.47. The van der Waals surface area contributed by atoms with Crippen molar-refractivity contribution in [3.63, 3.8) is 0 Å². The van der Waals surface area contributed by atoms with Crippen LogP contribution in [0.15, 0.2) is 18.2 Å². The smallest absolute Gasteiger partial charge is 0.129 e. The van der Waals surface area contributed by atoms with Gasteiger partial charge in [-0.05, 0) is 31.7 Å². The molecule has 1 heterocycles. The highest BCUT2D eigenvalue weighted by Crippen LogP contribution is 2.22.